The van der Waals surface area contributed by atoms with E-state index in [0.717, 1.165) is 44.4 Å². The van der Waals surface area contributed by atoms with E-state index in [1.807, 2.05) is 11.8 Å². The van der Waals surface area contributed by atoms with Crippen molar-refractivity contribution < 1.29 is 9.90 Å². The van der Waals surface area contributed by atoms with Crippen molar-refractivity contribution in [2.45, 2.75) is 90.9 Å². The SMILES string of the molecule is CCCC(C)(C)CC1(CC(C)(C)CCC)SCNC1C(=O)O.Cl. The van der Waals surface area contributed by atoms with E-state index in [0.29, 0.717) is 0 Å². The highest BCUT2D eigenvalue weighted by molar-refractivity contribution is 8.01. The van der Waals surface area contributed by atoms with Crippen molar-refractivity contribution in [1.29, 1.82) is 0 Å². The number of carboxylic acids is 1. The van der Waals surface area contributed by atoms with Gasteiger partial charge in [-0.3, -0.25) is 10.1 Å². The lowest BCUT2D eigenvalue weighted by Crippen LogP contribution is -2.51. The van der Waals surface area contributed by atoms with Crippen LogP contribution in [-0.4, -0.2) is 27.7 Å². The van der Waals surface area contributed by atoms with Crippen LogP contribution in [0.2, 0.25) is 0 Å². The molecule has 0 bridgehead atoms. The molecule has 5 heteroatoms. The van der Waals surface area contributed by atoms with E-state index >= 15 is 0 Å². The van der Waals surface area contributed by atoms with Crippen LogP contribution in [0.1, 0.15) is 80.1 Å². The summed E-state index contributed by atoms with van der Waals surface area (Å²) in [6, 6.07) is -0.426. The number of hydrogen-bond donors (Lipinski definition) is 2. The Morgan fingerprint density at radius 3 is 1.91 bits per heavy atom. The molecular formula is C18H36ClNO2S. The van der Waals surface area contributed by atoms with Gasteiger partial charge in [0.15, 0.2) is 0 Å². The van der Waals surface area contributed by atoms with Gasteiger partial charge in [0.1, 0.15) is 6.04 Å². The molecule has 0 aromatic heterocycles. The zero-order valence-corrected chi connectivity index (χ0v) is 17.3. The van der Waals surface area contributed by atoms with E-state index in [1.54, 1.807) is 0 Å². The number of carboxylic acid groups (broad SMARTS) is 1. The number of nitrogens with one attached hydrogen (secondary N) is 1. The normalized spacial score (nSPS) is 21.0. The predicted octanol–water partition coefficient (Wildman–Crippen LogP) is 5.33. The van der Waals surface area contributed by atoms with Crippen molar-refractivity contribution in [3.8, 4) is 0 Å². The number of aliphatic carboxylic acids is 1. The Bertz CT molecular complexity index is 365. The molecule has 1 unspecified atom stereocenters. The lowest BCUT2D eigenvalue weighted by atomic mass is 9.69. The quantitative estimate of drug-likeness (QED) is 0.580. The molecule has 2 N–H and O–H groups in total. The average molecular weight is 366 g/mol. The first kappa shape index (κ1) is 23.1. The van der Waals surface area contributed by atoms with Gasteiger partial charge >= 0.3 is 5.97 Å². The number of hydrogen-bond acceptors (Lipinski definition) is 3. The number of rotatable bonds is 9. The molecule has 1 aliphatic heterocycles. The monoisotopic (exact) mass is 365 g/mol. The zero-order valence-electron chi connectivity index (χ0n) is 15.7. The summed E-state index contributed by atoms with van der Waals surface area (Å²) in [6.07, 6.45) is 6.53. The fourth-order valence-electron chi connectivity index (χ4n) is 4.37. The molecule has 0 amide bonds. The molecule has 23 heavy (non-hydrogen) atoms. The molecule has 0 aromatic carbocycles. The van der Waals surface area contributed by atoms with Crippen LogP contribution in [0.15, 0.2) is 0 Å². The Labute approximate surface area is 153 Å². The third kappa shape index (κ3) is 6.47. The third-order valence-electron chi connectivity index (χ3n) is 4.83. The molecule has 1 rings (SSSR count). The van der Waals surface area contributed by atoms with Gasteiger partial charge in [0.25, 0.3) is 0 Å². The summed E-state index contributed by atoms with van der Waals surface area (Å²) < 4.78 is -0.191. The van der Waals surface area contributed by atoms with E-state index in [1.165, 1.54) is 0 Å². The third-order valence-corrected chi connectivity index (χ3v) is 6.24. The van der Waals surface area contributed by atoms with Crippen LogP contribution < -0.4 is 5.32 Å². The van der Waals surface area contributed by atoms with Gasteiger partial charge in [-0.15, -0.1) is 24.2 Å². The van der Waals surface area contributed by atoms with Crippen LogP contribution in [0.3, 0.4) is 0 Å². The minimum absolute atomic E-state index is 0. The van der Waals surface area contributed by atoms with Gasteiger partial charge in [-0.2, -0.15) is 0 Å². The van der Waals surface area contributed by atoms with Gasteiger partial charge in [-0.1, -0.05) is 54.4 Å². The average Bonchev–Trinajstić information content (AvgIpc) is 2.69. The van der Waals surface area contributed by atoms with Crippen LogP contribution in [0, 0.1) is 10.8 Å². The maximum absolute atomic E-state index is 11.8. The summed E-state index contributed by atoms with van der Waals surface area (Å²) in [5, 5.41) is 13.0. The topological polar surface area (TPSA) is 49.3 Å². The van der Waals surface area contributed by atoms with Crippen molar-refractivity contribution in [1.82, 2.24) is 5.32 Å². The highest BCUT2D eigenvalue weighted by Gasteiger charge is 2.52. The van der Waals surface area contributed by atoms with Crippen molar-refractivity contribution in [3.63, 3.8) is 0 Å². The molecule has 138 valence electrons. The van der Waals surface area contributed by atoms with E-state index in [4.69, 9.17) is 0 Å². The molecule has 0 radical (unpaired) electrons. The first-order valence-electron chi connectivity index (χ1n) is 8.68. The fraction of sp³-hybridized carbons (Fsp3) is 0.944. The smallest absolute Gasteiger partial charge is 0.322 e. The summed E-state index contributed by atoms with van der Waals surface area (Å²) >= 11 is 1.84. The maximum atomic E-state index is 11.8. The van der Waals surface area contributed by atoms with Crippen LogP contribution in [0.4, 0.5) is 0 Å². The Hall–Kier alpha value is 0.0700. The van der Waals surface area contributed by atoms with Crippen molar-refractivity contribution in [2.24, 2.45) is 10.8 Å². The lowest BCUT2D eigenvalue weighted by Gasteiger charge is -2.43. The second-order valence-corrected chi connectivity index (χ2v) is 9.90. The van der Waals surface area contributed by atoms with E-state index in [2.05, 4.69) is 46.9 Å². The molecule has 1 aliphatic rings. The summed E-state index contributed by atoms with van der Waals surface area (Å²) in [5.41, 5.74) is 0.369. The molecule has 0 aromatic rings. The molecule has 1 heterocycles. The largest absolute Gasteiger partial charge is 0.480 e. The summed E-state index contributed by atoms with van der Waals surface area (Å²) in [5.74, 6) is 0.0612. The Balaban J connectivity index is 0.00000484. The fourth-order valence-corrected chi connectivity index (χ4v) is 6.24. The molecular weight excluding hydrogens is 330 g/mol. The first-order chi connectivity index (χ1) is 10.1. The van der Waals surface area contributed by atoms with Crippen molar-refractivity contribution in [2.75, 3.05) is 5.88 Å². The van der Waals surface area contributed by atoms with Gasteiger partial charge in [-0.05, 0) is 36.5 Å². The standard InChI is InChI=1S/C18H35NO2S.ClH/c1-7-9-16(3,4)11-18(12-17(5,6)10-8-2)14(15(20)21)19-13-22-18;/h14,19H,7-13H2,1-6H3,(H,20,21);1H. The predicted molar refractivity (Wildman–Crippen MR) is 104 cm³/mol. The molecule has 1 atom stereocenters. The second-order valence-electron chi connectivity index (χ2n) is 8.51. The number of carbonyl (C=O) groups is 1. The second kappa shape index (κ2) is 8.96. The van der Waals surface area contributed by atoms with Gasteiger partial charge in [0, 0.05) is 10.6 Å². The van der Waals surface area contributed by atoms with Crippen LogP contribution in [0.5, 0.6) is 0 Å². The summed E-state index contributed by atoms with van der Waals surface area (Å²) in [7, 11) is 0. The minimum atomic E-state index is -0.690. The van der Waals surface area contributed by atoms with E-state index in [-0.39, 0.29) is 28.0 Å². The summed E-state index contributed by atoms with van der Waals surface area (Å²) in [6.45, 7) is 13.6. The zero-order chi connectivity index (χ0) is 17.0. The van der Waals surface area contributed by atoms with Crippen LogP contribution >= 0.6 is 24.2 Å². The van der Waals surface area contributed by atoms with Crippen LogP contribution in [-0.2, 0) is 4.79 Å². The lowest BCUT2D eigenvalue weighted by molar-refractivity contribution is -0.140. The number of halogens is 1. The highest BCUT2D eigenvalue weighted by Crippen LogP contribution is 2.51. The molecule has 0 aliphatic carbocycles. The maximum Gasteiger partial charge on any atom is 0.322 e. The molecule has 0 saturated carbocycles. The minimum Gasteiger partial charge on any atom is -0.480 e. The van der Waals surface area contributed by atoms with Crippen molar-refractivity contribution >= 4 is 30.1 Å². The molecule has 0 spiro atoms. The van der Waals surface area contributed by atoms with E-state index < -0.39 is 12.0 Å². The van der Waals surface area contributed by atoms with Gasteiger partial charge in [0.05, 0.1) is 0 Å². The first-order valence-corrected chi connectivity index (χ1v) is 9.66. The molecule has 3 nitrogen and oxygen atoms in total. The Kier molecular flexibility index (Phi) is 8.99. The van der Waals surface area contributed by atoms with Crippen molar-refractivity contribution in [3.05, 3.63) is 0 Å². The van der Waals surface area contributed by atoms with Crippen LogP contribution in [0.25, 0.3) is 0 Å². The van der Waals surface area contributed by atoms with Gasteiger partial charge in [0.2, 0.25) is 0 Å². The Morgan fingerprint density at radius 2 is 1.57 bits per heavy atom. The van der Waals surface area contributed by atoms with Gasteiger partial charge in [-0.25, -0.2) is 0 Å². The molecule has 1 saturated heterocycles. The highest BCUT2D eigenvalue weighted by atomic mass is 35.5. The summed E-state index contributed by atoms with van der Waals surface area (Å²) in [4.78, 5) is 11.8. The Morgan fingerprint density at radius 1 is 1.13 bits per heavy atom. The molecule has 1 fully saturated rings. The van der Waals surface area contributed by atoms with Gasteiger partial charge < -0.3 is 5.11 Å². The van der Waals surface area contributed by atoms with E-state index in [9.17, 15) is 9.90 Å². The number of thioether (sulfide) groups is 1.